The topological polar surface area (TPSA) is 216 Å². The van der Waals surface area contributed by atoms with Crippen molar-refractivity contribution >= 4 is 17.7 Å². The summed E-state index contributed by atoms with van der Waals surface area (Å²) < 4.78 is 0. The van der Waals surface area contributed by atoms with Crippen LogP contribution in [-0.2, 0) is 14.4 Å². The number of carboxylic acids is 1. The molecule has 1 amide bonds. The Balaban J connectivity index is 0. The molecule has 130 valence electrons. The van der Waals surface area contributed by atoms with Crippen molar-refractivity contribution in [2.75, 3.05) is 6.61 Å². The molecule has 0 bridgehead atoms. The second kappa shape index (κ2) is 10.2. The molecule has 0 aromatic carbocycles. The van der Waals surface area contributed by atoms with Crippen molar-refractivity contribution in [1.82, 2.24) is 5.32 Å². The Morgan fingerprint density at radius 3 is 1.86 bits per heavy atom. The number of hydrogen-bond acceptors (Lipinski definition) is 8. The number of carbonyl (C=O) groups is 3. The van der Waals surface area contributed by atoms with Gasteiger partial charge in [-0.05, 0) is 0 Å². The van der Waals surface area contributed by atoms with Gasteiger partial charge in [0.2, 0.25) is 11.7 Å². The standard InChI is InChI=1S/C11H19NO9.H2O/c1-4(14)12-8(5(15)2-6(16)11(20)21)10(19)9(18)7(17)3-13;/h5,7-10,13,15,17-19H,2-3H2,1H3,(H,12,14)(H,20,21);1H2/t5-,7+,8+,9+,10+;/m0./s1. The SMILES string of the molecule is CC(=O)N[C@@H]([C@@H](O)[C@H](O)[C@H](O)CO)[C@@H](O)CC(=O)C(=O)O.O. The average molecular weight is 327 g/mol. The molecular weight excluding hydrogens is 306 g/mol. The molecule has 11 nitrogen and oxygen atoms in total. The van der Waals surface area contributed by atoms with Gasteiger partial charge in [-0.1, -0.05) is 0 Å². The number of Topliss-reactive ketones (excluding diaryl/α,β-unsaturated/α-hetero) is 1. The molecule has 0 aliphatic rings. The maximum absolute atomic E-state index is 11.0. The zero-order chi connectivity index (χ0) is 16.7. The minimum atomic E-state index is -1.94. The zero-order valence-corrected chi connectivity index (χ0v) is 11.7. The molecule has 11 heteroatoms. The number of ketones is 1. The maximum atomic E-state index is 11.0. The van der Waals surface area contributed by atoms with Crippen LogP contribution in [0.15, 0.2) is 0 Å². The number of carboxylic acid groups (broad SMARTS) is 1. The second-order valence-electron chi connectivity index (χ2n) is 4.46. The van der Waals surface area contributed by atoms with Gasteiger partial charge in [0, 0.05) is 13.3 Å². The van der Waals surface area contributed by atoms with E-state index in [1.165, 1.54) is 0 Å². The number of carbonyl (C=O) groups excluding carboxylic acids is 2. The van der Waals surface area contributed by atoms with E-state index in [9.17, 15) is 34.8 Å². The Bertz CT molecular complexity index is 387. The first-order valence-corrected chi connectivity index (χ1v) is 5.98. The van der Waals surface area contributed by atoms with Crippen LogP contribution < -0.4 is 5.32 Å². The quantitative estimate of drug-likeness (QED) is 0.202. The highest BCUT2D eigenvalue weighted by molar-refractivity contribution is 6.32. The van der Waals surface area contributed by atoms with E-state index in [0.717, 1.165) is 6.92 Å². The van der Waals surface area contributed by atoms with E-state index < -0.39 is 61.1 Å². The third-order valence-corrected chi connectivity index (χ3v) is 2.72. The Morgan fingerprint density at radius 1 is 1.00 bits per heavy atom. The van der Waals surface area contributed by atoms with Crippen LogP contribution in [0.25, 0.3) is 0 Å². The molecule has 0 rings (SSSR count). The van der Waals surface area contributed by atoms with Crippen molar-refractivity contribution in [3.8, 4) is 0 Å². The zero-order valence-electron chi connectivity index (χ0n) is 11.7. The first kappa shape index (κ1) is 22.6. The Labute approximate surface area is 125 Å². The normalized spacial score (nSPS) is 17.4. The fourth-order valence-electron chi connectivity index (χ4n) is 1.60. The van der Waals surface area contributed by atoms with Crippen molar-refractivity contribution in [1.29, 1.82) is 0 Å². The van der Waals surface area contributed by atoms with E-state index in [0.29, 0.717) is 0 Å². The number of rotatable bonds is 9. The predicted molar refractivity (Wildman–Crippen MR) is 69.6 cm³/mol. The van der Waals surface area contributed by atoms with E-state index in [2.05, 4.69) is 0 Å². The van der Waals surface area contributed by atoms with Crippen LogP contribution in [0.4, 0.5) is 0 Å². The van der Waals surface area contributed by atoms with Gasteiger partial charge in [0.25, 0.3) is 0 Å². The number of aliphatic hydroxyl groups is 5. The maximum Gasteiger partial charge on any atom is 0.372 e. The molecule has 0 aliphatic heterocycles. The van der Waals surface area contributed by atoms with E-state index >= 15 is 0 Å². The van der Waals surface area contributed by atoms with E-state index in [1.807, 2.05) is 5.32 Å². The van der Waals surface area contributed by atoms with Crippen LogP contribution in [0, 0.1) is 0 Å². The molecule has 0 radical (unpaired) electrons. The number of aliphatic carboxylic acids is 1. The van der Waals surface area contributed by atoms with Crippen molar-refractivity contribution in [3.63, 3.8) is 0 Å². The third kappa shape index (κ3) is 6.89. The number of hydrogen-bond donors (Lipinski definition) is 7. The molecule has 0 aromatic heterocycles. The molecule has 0 saturated carbocycles. The first-order chi connectivity index (χ1) is 9.61. The smallest absolute Gasteiger partial charge is 0.372 e. The molecule has 9 N–H and O–H groups in total. The van der Waals surface area contributed by atoms with Crippen LogP contribution in [0.1, 0.15) is 13.3 Å². The van der Waals surface area contributed by atoms with Gasteiger partial charge in [-0.25, -0.2) is 4.79 Å². The van der Waals surface area contributed by atoms with Gasteiger partial charge in [0.15, 0.2) is 0 Å². The Kier molecular flexibility index (Phi) is 10.5. The van der Waals surface area contributed by atoms with Crippen LogP contribution >= 0.6 is 0 Å². The summed E-state index contributed by atoms with van der Waals surface area (Å²) in [5.74, 6) is -3.89. The molecule has 0 fully saturated rings. The van der Waals surface area contributed by atoms with Crippen LogP contribution in [0.3, 0.4) is 0 Å². The van der Waals surface area contributed by atoms with Gasteiger partial charge in [-0.2, -0.15) is 0 Å². The summed E-state index contributed by atoms with van der Waals surface area (Å²) in [6, 6.07) is -1.61. The Morgan fingerprint density at radius 2 is 1.50 bits per heavy atom. The first-order valence-electron chi connectivity index (χ1n) is 5.98. The van der Waals surface area contributed by atoms with Gasteiger partial charge in [-0.3, -0.25) is 9.59 Å². The largest absolute Gasteiger partial charge is 0.475 e. The van der Waals surface area contributed by atoms with Crippen molar-refractivity contribution in [2.45, 2.75) is 43.8 Å². The van der Waals surface area contributed by atoms with Gasteiger partial charge in [0.1, 0.15) is 18.3 Å². The summed E-state index contributed by atoms with van der Waals surface area (Å²) in [4.78, 5) is 32.4. The summed E-state index contributed by atoms with van der Waals surface area (Å²) in [6.07, 6.45) is -8.35. The van der Waals surface area contributed by atoms with Crippen LogP contribution in [0.2, 0.25) is 0 Å². The summed E-state index contributed by atoms with van der Waals surface area (Å²) in [6.45, 7) is 0.134. The highest BCUT2D eigenvalue weighted by Crippen LogP contribution is 2.11. The van der Waals surface area contributed by atoms with Crippen LogP contribution in [-0.4, -0.2) is 90.8 Å². The lowest BCUT2D eigenvalue weighted by Gasteiger charge is -2.32. The van der Waals surface area contributed by atoms with Crippen molar-refractivity contribution < 1.29 is 50.5 Å². The second-order valence-corrected chi connectivity index (χ2v) is 4.46. The number of amides is 1. The molecule has 5 atom stereocenters. The molecule has 0 spiro atoms. The highest BCUT2D eigenvalue weighted by Gasteiger charge is 2.37. The minimum absolute atomic E-state index is 0. The molecule has 0 unspecified atom stereocenters. The molecule has 0 heterocycles. The lowest BCUT2D eigenvalue weighted by atomic mass is 9.94. The summed E-state index contributed by atoms with van der Waals surface area (Å²) in [5, 5.41) is 57.4. The van der Waals surface area contributed by atoms with E-state index in [4.69, 9.17) is 10.2 Å². The van der Waals surface area contributed by atoms with Crippen molar-refractivity contribution in [3.05, 3.63) is 0 Å². The van der Waals surface area contributed by atoms with E-state index in [-0.39, 0.29) is 5.48 Å². The third-order valence-electron chi connectivity index (χ3n) is 2.72. The van der Waals surface area contributed by atoms with E-state index in [1.54, 1.807) is 0 Å². The molecular formula is C11H21NO10. The van der Waals surface area contributed by atoms with Gasteiger partial charge in [-0.15, -0.1) is 0 Å². The predicted octanol–water partition coefficient (Wildman–Crippen LogP) is -4.85. The summed E-state index contributed by atoms with van der Waals surface area (Å²) >= 11 is 0. The lowest BCUT2D eigenvalue weighted by Crippen LogP contribution is -2.57. The Hall–Kier alpha value is -1.63. The molecule has 0 aromatic rings. The molecule has 0 saturated heterocycles. The number of nitrogens with one attached hydrogen (secondary N) is 1. The monoisotopic (exact) mass is 327 g/mol. The fourth-order valence-corrected chi connectivity index (χ4v) is 1.60. The lowest BCUT2D eigenvalue weighted by molar-refractivity contribution is -0.151. The fraction of sp³-hybridized carbons (Fsp3) is 0.727. The summed E-state index contributed by atoms with van der Waals surface area (Å²) in [7, 11) is 0. The van der Waals surface area contributed by atoms with Gasteiger partial charge in [0.05, 0.1) is 18.8 Å². The minimum Gasteiger partial charge on any atom is -0.475 e. The highest BCUT2D eigenvalue weighted by atomic mass is 16.4. The summed E-state index contributed by atoms with van der Waals surface area (Å²) in [5.41, 5.74) is 0. The average Bonchev–Trinajstić information content (AvgIpc) is 2.41. The van der Waals surface area contributed by atoms with Gasteiger partial charge < -0.3 is 41.4 Å². The van der Waals surface area contributed by atoms with Gasteiger partial charge >= 0.3 is 5.97 Å². The number of aliphatic hydroxyl groups excluding tert-OH is 5. The molecule has 22 heavy (non-hydrogen) atoms. The molecule has 0 aliphatic carbocycles. The van der Waals surface area contributed by atoms with Crippen LogP contribution in [0.5, 0.6) is 0 Å². The van der Waals surface area contributed by atoms with Crippen molar-refractivity contribution in [2.24, 2.45) is 0 Å².